The Morgan fingerprint density at radius 2 is 2.31 bits per heavy atom. The molecule has 13 heavy (non-hydrogen) atoms. The maximum Gasteiger partial charge on any atom is 0.248 e. The third kappa shape index (κ3) is 4.07. The summed E-state index contributed by atoms with van der Waals surface area (Å²) in [7, 11) is 0. The molecule has 4 N–H and O–H groups in total. The molecule has 0 amide bonds. The van der Waals surface area contributed by atoms with Crippen molar-refractivity contribution in [1.29, 1.82) is 0 Å². The molecule has 0 saturated carbocycles. The largest absolute Gasteiger partial charge is 0.395 e. The summed E-state index contributed by atoms with van der Waals surface area (Å²) in [5.74, 6) is 0. The smallest absolute Gasteiger partial charge is 0.248 e. The Bertz CT molecular complexity index is 300. The summed E-state index contributed by atoms with van der Waals surface area (Å²) in [6.45, 7) is -0.0627. The van der Waals surface area contributed by atoms with Gasteiger partial charge in [-0.1, -0.05) is 0 Å². The number of hydrogen-bond acceptors (Lipinski definition) is 3. The minimum absolute atomic E-state index is 0. The van der Waals surface area contributed by atoms with E-state index in [1.807, 2.05) is 0 Å². The van der Waals surface area contributed by atoms with Crippen LogP contribution in [0.1, 0.15) is 5.56 Å². The molecule has 1 atom stereocenters. The number of aliphatic hydroxyl groups excluding tert-OH is 1. The number of halogens is 1. The van der Waals surface area contributed by atoms with Gasteiger partial charge in [-0.05, 0) is 18.1 Å². The van der Waals surface area contributed by atoms with Crippen LogP contribution in [0.3, 0.4) is 0 Å². The van der Waals surface area contributed by atoms with Crippen molar-refractivity contribution in [2.24, 2.45) is 5.73 Å². The molecule has 0 saturated heterocycles. The highest BCUT2D eigenvalue weighted by Crippen LogP contribution is 1.96. The number of hydrogen-bond donors (Lipinski definition) is 3. The summed E-state index contributed by atoms with van der Waals surface area (Å²) in [4.78, 5) is 13.3. The molecular weight excluding hydrogens is 192 g/mol. The van der Waals surface area contributed by atoms with Gasteiger partial charge in [0.2, 0.25) is 5.56 Å². The number of H-pyrrole nitrogens is 1. The van der Waals surface area contributed by atoms with Crippen molar-refractivity contribution in [3.63, 3.8) is 0 Å². The van der Waals surface area contributed by atoms with Crippen molar-refractivity contribution in [2.75, 3.05) is 6.61 Å². The second-order valence-electron chi connectivity index (χ2n) is 2.71. The molecule has 5 heteroatoms. The molecular formula is C8H13ClN2O2. The minimum atomic E-state index is -0.285. The molecule has 1 heterocycles. The van der Waals surface area contributed by atoms with Crippen LogP contribution in [0.25, 0.3) is 0 Å². The van der Waals surface area contributed by atoms with E-state index in [1.54, 1.807) is 12.3 Å². The first-order chi connectivity index (χ1) is 5.72. The lowest BCUT2D eigenvalue weighted by Gasteiger charge is -2.06. The molecule has 0 aliphatic heterocycles. The third-order valence-electron chi connectivity index (χ3n) is 1.57. The van der Waals surface area contributed by atoms with Crippen LogP contribution < -0.4 is 11.3 Å². The van der Waals surface area contributed by atoms with Gasteiger partial charge < -0.3 is 15.8 Å². The van der Waals surface area contributed by atoms with Crippen molar-refractivity contribution in [3.05, 3.63) is 34.2 Å². The normalized spacial score (nSPS) is 11.8. The summed E-state index contributed by atoms with van der Waals surface area (Å²) >= 11 is 0. The average molecular weight is 205 g/mol. The molecule has 0 radical (unpaired) electrons. The first kappa shape index (κ1) is 12.2. The van der Waals surface area contributed by atoms with E-state index < -0.39 is 0 Å². The molecule has 0 aromatic carbocycles. The fraction of sp³-hybridized carbons (Fsp3) is 0.375. The van der Waals surface area contributed by atoms with Gasteiger partial charge in [-0.2, -0.15) is 0 Å². The summed E-state index contributed by atoms with van der Waals surface area (Å²) in [6.07, 6.45) is 2.10. The van der Waals surface area contributed by atoms with Crippen LogP contribution in [0.2, 0.25) is 0 Å². The second kappa shape index (κ2) is 5.75. The molecule has 0 aliphatic carbocycles. The predicted molar refractivity (Wildman–Crippen MR) is 53.1 cm³/mol. The van der Waals surface area contributed by atoms with Crippen molar-refractivity contribution >= 4 is 12.4 Å². The van der Waals surface area contributed by atoms with Gasteiger partial charge in [0.25, 0.3) is 0 Å². The van der Waals surface area contributed by atoms with Crippen molar-refractivity contribution < 1.29 is 5.11 Å². The van der Waals surface area contributed by atoms with Crippen LogP contribution in [0.15, 0.2) is 23.1 Å². The van der Waals surface area contributed by atoms with Crippen LogP contribution in [0.5, 0.6) is 0 Å². The Morgan fingerprint density at radius 3 is 2.85 bits per heavy atom. The maximum atomic E-state index is 10.8. The predicted octanol–water partition coefficient (Wildman–Crippen LogP) is -0.341. The first-order valence-corrected chi connectivity index (χ1v) is 3.76. The summed E-state index contributed by atoms with van der Waals surface area (Å²) in [5, 5.41) is 8.65. The lowest BCUT2D eigenvalue weighted by atomic mass is 10.1. The van der Waals surface area contributed by atoms with E-state index in [0.717, 1.165) is 5.56 Å². The quantitative estimate of drug-likeness (QED) is 0.630. The van der Waals surface area contributed by atoms with Crippen LogP contribution >= 0.6 is 12.4 Å². The second-order valence-corrected chi connectivity index (χ2v) is 2.71. The lowest BCUT2D eigenvalue weighted by Crippen LogP contribution is -2.27. The molecule has 0 spiro atoms. The summed E-state index contributed by atoms with van der Waals surface area (Å²) in [5.41, 5.74) is 6.20. The molecule has 0 bridgehead atoms. The van der Waals surface area contributed by atoms with Crippen molar-refractivity contribution in [1.82, 2.24) is 4.98 Å². The van der Waals surface area contributed by atoms with Crippen LogP contribution in [-0.2, 0) is 6.42 Å². The fourth-order valence-corrected chi connectivity index (χ4v) is 0.983. The van der Waals surface area contributed by atoms with E-state index in [-0.39, 0.29) is 30.6 Å². The van der Waals surface area contributed by atoms with Gasteiger partial charge >= 0.3 is 0 Å². The Morgan fingerprint density at radius 1 is 1.62 bits per heavy atom. The van der Waals surface area contributed by atoms with Gasteiger partial charge in [0.1, 0.15) is 0 Å². The topological polar surface area (TPSA) is 79.1 Å². The Balaban J connectivity index is 0.00000144. The van der Waals surface area contributed by atoms with Gasteiger partial charge in [0.15, 0.2) is 0 Å². The van der Waals surface area contributed by atoms with E-state index in [4.69, 9.17) is 10.8 Å². The SMILES string of the molecule is Cl.N[C@@H](CO)Cc1cc[nH]c(=O)c1. The summed E-state index contributed by atoms with van der Waals surface area (Å²) < 4.78 is 0. The number of pyridine rings is 1. The Labute approximate surface area is 82.2 Å². The first-order valence-electron chi connectivity index (χ1n) is 3.76. The Kier molecular flexibility index (Phi) is 5.37. The molecule has 0 aliphatic rings. The molecule has 4 nitrogen and oxygen atoms in total. The molecule has 74 valence electrons. The van der Waals surface area contributed by atoms with Gasteiger partial charge in [-0.3, -0.25) is 4.79 Å². The monoisotopic (exact) mass is 204 g/mol. The van der Waals surface area contributed by atoms with E-state index >= 15 is 0 Å². The average Bonchev–Trinajstić information content (AvgIpc) is 2.04. The molecule has 1 rings (SSSR count). The maximum absolute atomic E-state index is 10.8. The lowest BCUT2D eigenvalue weighted by molar-refractivity contribution is 0.265. The third-order valence-corrected chi connectivity index (χ3v) is 1.57. The van der Waals surface area contributed by atoms with Crippen LogP contribution in [0, 0.1) is 0 Å². The van der Waals surface area contributed by atoms with Crippen LogP contribution in [-0.4, -0.2) is 22.7 Å². The number of rotatable bonds is 3. The van der Waals surface area contributed by atoms with Crippen molar-refractivity contribution in [2.45, 2.75) is 12.5 Å². The van der Waals surface area contributed by atoms with E-state index in [1.165, 1.54) is 6.07 Å². The number of nitrogens with one attached hydrogen (secondary N) is 1. The van der Waals surface area contributed by atoms with Crippen molar-refractivity contribution in [3.8, 4) is 0 Å². The Hall–Kier alpha value is -0.840. The molecule has 1 aromatic rings. The zero-order chi connectivity index (χ0) is 8.97. The number of nitrogens with two attached hydrogens (primary N) is 1. The van der Waals surface area contributed by atoms with Gasteiger partial charge in [-0.25, -0.2) is 0 Å². The highest BCUT2D eigenvalue weighted by Gasteiger charge is 2.01. The minimum Gasteiger partial charge on any atom is -0.395 e. The number of aliphatic hydroxyl groups is 1. The molecule has 1 aromatic heterocycles. The zero-order valence-electron chi connectivity index (χ0n) is 7.06. The van der Waals surface area contributed by atoms with E-state index in [9.17, 15) is 4.79 Å². The standard InChI is InChI=1S/C8H12N2O2.ClH/c9-7(5-11)3-6-1-2-10-8(12)4-6;/h1-2,4,7,11H,3,5,9H2,(H,10,12);1H/t7-;/m1./s1. The zero-order valence-corrected chi connectivity index (χ0v) is 7.88. The number of aromatic amines is 1. The number of aromatic nitrogens is 1. The molecule has 0 fully saturated rings. The van der Waals surface area contributed by atoms with Gasteiger partial charge in [-0.15, -0.1) is 12.4 Å². The fourth-order valence-electron chi connectivity index (χ4n) is 0.983. The van der Waals surface area contributed by atoms with Gasteiger partial charge in [0.05, 0.1) is 6.61 Å². The summed E-state index contributed by atoms with van der Waals surface area (Å²) in [6, 6.07) is 2.97. The highest BCUT2D eigenvalue weighted by molar-refractivity contribution is 5.85. The highest BCUT2D eigenvalue weighted by atomic mass is 35.5. The van der Waals surface area contributed by atoms with Crippen LogP contribution in [0.4, 0.5) is 0 Å². The molecule has 0 unspecified atom stereocenters. The van der Waals surface area contributed by atoms with E-state index in [0.29, 0.717) is 6.42 Å². The van der Waals surface area contributed by atoms with E-state index in [2.05, 4.69) is 4.98 Å². The van der Waals surface area contributed by atoms with Gasteiger partial charge in [0, 0.05) is 18.3 Å².